The molecule has 1 unspecified atom stereocenters. The van der Waals surface area contributed by atoms with Gasteiger partial charge in [-0.3, -0.25) is 9.48 Å². The van der Waals surface area contributed by atoms with Crippen molar-refractivity contribution in [2.75, 3.05) is 6.61 Å². The quantitative estimate of drug-likeness (QED) is 0.710. The lowest BCUT2D eigenvalue weighted by Crippen LogP contribution is -2.19. The third-order valence-electron chi connectivity index (χ3n) is 2.24. The summed E-state index contributed by atoms with van der Waals surface area (Å²) < 4.78 is 6.50. The van der Waals surface area contributed by atoms with Crippen LogP contribution in [0.15, 0.2) is 6.07 Å². The van der Waals surface area contributed by atoms with Crippen molar-refractivity contribution in [3.63, 3.8) is 0 Å². The normalized spacial score (nSPS) is 11.9. The van der Waals surface area contributed by atoms with Gasteiger partial charge in [0, 0.05) is 19.2 Å². The molecule has 5 heteroatoms. The number of nitrogens with zero attached hydrogens (tertiary/aromatic N) is 3. The minimum atomic E-state index is -0.755. The van der Waals surface area contributed by atoms with Crippen molar-refractivity contribution in [2.24, 2.45) is 13.0 Å². The number of carbonyl (C=O) groups is 1. The average molecular weight is 221 g/mol. The van der Waals surface area contributed by atoms with Gasteiger partial charge in [-0.25, -0.2) is 0 Å². The van der Waals surface area contributed by atoms with Gasteiger partial charge in [0.1, 0.15) is 5.92 Å². The van der Waals surface area contributed by atoms with Crippen LogP contribution in [0.5, 0.6) is 0 Å². The SMILES string of the molecule is CCOC(=O)C(C#N)Cc1cc(C)nn1C. The smallest absolute Gasteiger partial charge is 0.323 e. The lowest BCUT2D eigenvalue weighted by Gasteiger charge is -2.07. The summed E-state index contributed by atoms with van der Waals surface area (Å²) in [6, 6.07) is 3.82. The van der Waals surface area contributed by atoms with Crippen molar-refractivity contribution in [2.45, 2.75) is 20.3 Å². The fourth-order valence-corrected chi connectivity index (χ4v) is 1.49. The molecule has 0 saturated heterocycles. The Hall–Kier alpha value is -1.83. The second-order valence-corrected chi connectivity index (χ2v) is 3.54. The number of rotatable bonds is 4. The molecule has 0 aromatic carbocycles. The molecular formula is C11H15N3O2. The topological polar surface area (TPSA) is 67.9 Å². The Morgan fingerprint density at radius 1 is 1.75 bits per heavy atom. The van der Waals surface area contributed by atoms with E-state index in [1.54, 1.807) is 18.7 Å². The number of hydrogen-bond donors (Lipinski definition) is 0. The second kappa shape index (κ2) is 5.31. The van der Waals surface area contributed by atoms with Gasteiger partial charge < -0.3 is 4.74 Å². The highest BCUT2D eigenvalue weighted by molar-refractivity contribution is 5.75. The van der Waals surface area contributed by atoms with Crippen LogP contribution >= 0.6 is 0 Å². The minimum Gasteiger partial charge on any atom is -0.465 e. The van der Waals surface area contributed by atoms with Gasteiger partial charge in [-0.05, 0) is 19.9 Å². The summed E-state index contributed by atoms with van der Waals surface area (Å²) in [5, 5.41) is 13.1. The van der Waals surface area contributed by atoms with Gasteiger partial charge in [0.25, 0.3) is 0 Å². The van der Waals surface area contributed by atoms with Crippen LogP contribution in [0.1, 0.15) is 18.3 Å². The summed E-state index contributed by atoms with van der Waals surface area (Å²) in [5.74, 6) is -1.22. The number of nitriles is 1. The predicted molar refractivity (Wildman–Crippen MR) is 57.4 cm³/mol. The van der Waals surface area contributed by atoms with Gasteiger partial charge in [0.2, 0.25) is 0 Å². The number of hydrogen-bond acceptors (Lipinski definition) is 4. The maximum Gasteiger partial charge on any atom is 0.323 e. The van der Waals surface area contributed by atoms with Gasteiger partial charge in [-0.2, -0.15) is 10.4 Å². The van der Waals surface area contributed by atoms with E-state index in [-0.39, 0.29) is 0 Å². The number of aromatic nitrogens is 2. The van der Waals surface area contributed by atoms with E-state index in [0.717, 1.165) is 11.4 Å². The number of carbonyl (C=O) groups excluding carboxylic acids is 1. The number of esters is 1. The summed E-state index contributed by atoms with van der Waals surface area (Å²) >= 11 is 0. The van der Waals surface area contributed by atoms with E-state index in [1.807, 2.05) is 19.1 Å². The summed E-state index contributed by atoms with van der Waals surface area (Å²) in [5.41, 5.74) is 1.73. The van der Waals surface area contributed by atoms with Crippen molar-refractivity contribution in [3.8, 4) is 6.07 Å². The first-order valence-electron chi connectivity index (χ1n) is 5.14. The molecule has 0 saturated carbocycles. The highest BCUT2D eigenvalue weighted by atomic mass is 16.5. The van der Waals surface area contributed by atoms with E-state index in [2.05, 4.69) is 5.10 Å². The summed E-state index contributed by atoms with van der Waals surface area (Å²) in [4.78, 5) is 11.4. The van der Waals surface area contributed by atoms with Gasteiger partial charge in [-0.15, -0.1) is 0 Å². The highest BCUT2D eigenvalue weighted by Gasteiger charge is 2.21. The Kier molecular flexibility index (Phi) is 4.06. The van der Waals surface area contributed by atoms with Crippen molar-refractivity contribution in [1.82, 2.24) is 9.78 Å². The van der Waals surface area contributed by atoms with Gasteiger partial charge in [0.15, 0.2) is 0 Å². The minimum absolute atomic E-state index is 0.293. The molecule has 0 radical (unpaired) electrons. The molecule has 1 rings (SSSR count). The molecule has 1 aromatic rings. The molecule has 0 spiro atoms. The van der Waals surface area contributed by atoms with E-state index < -0.39 is 11.9 Å². The lowest BCUT2D eigenvalue weighted by atomic mass is 10.1. The van der Waals surface area contributed by atoms with Crippen LogP contribution < -0.4 is 0 Å². The maximum absolute atomic E-state index is 11.4. The van der Waals surface area contributed by atoms with E-state index in [4.69, 9.17) is 10.00 Å². The predicted octanol–water partition coefficient (Wildman–Crippen LogP) is 0.974. The molecule has 1 aromatic heterocycles. The Bertz CT molecular complexity index is 417. The molecule has 0 aliphatic carbocycles. The van der Waals surface area contributed by atoms with Crippen LogP contribution in [0.2, 0.25) is 0 Å². The van der Waals surface area contributed by atoms with Crippen molar-refractivity contribution >= 4 is 5.97 Å². The van der Waals surface area contributed by atoms with Crippen molar-refractivity contribution in [1.29, 1.82) is 5.26 Å². The lowest BCUT2D eigenvalue weighted by molar-refractivity contribution is -0.146. The molecule has 1 atom stereocenters. The zero-order valence-electron chi connectivity index (χ0n) is 9.73. The Morgan fingerprint density at radius 2 is 2.44 bits per heavy atom. The molecule has 0 bridgehead atoms. The van der Waals surface area contributed by atoms with E-state index in [0.29, 0.717) is 13.0 Å². The Labute approximate surface area is 94.6 Å². The molecule has 86 valence electrons. The summed E-state index contributed by atoms with van der Waals surface area (Å²) in [6.07, 6.45) is 0.340. The van der Waals surface area contributed by atoms with Crippen LogP contribution in [0, 0.1) is 24.2 Å². The fourth-order valence-electron chi connectivity index (χ4n) is 1.49. The average Bonchev–Trinajstić information content (AvgIpc) is 2.54. The Balaban J connectivity index is 2.75. The van der Waals surface area contributed by atoms with Crippen LogP contribution in [0.4, 0.5) is 0 Å². The summed E-state index contributed by atoms with van der Waals surface area (Å²) in [7, 11) is 1.79. The third-order valence-corrected chi connectivity index (χ3v) is 2.24. The zero-order valence-corrected chi connectivity index (χ0v) is 9.73. The molecule has 0 N–H and O–H groups in total. The molecule has 1 heterocycles. The molecule has 0 aliphatic rings. The van der Waals surface area contributed by atoms with Crippen LogP contribution in [0.25, 0.3) is 0 Å². The van der Waals surface area contributed by atoms with Crippen molar-refractivity contribution < 1.29 is 9.53 Å². The maximum atomic E-state index is 11.4. The van der Waals surface area contributed by atoms with Gasteiger partial charge >= 0.3 is 5.97 Å². The monoisotopic (exact) mass is 221 g/mol. The summed E-state index contributed by atoms with van der Waals surface area (Å²) in [6.45, 7) is 3.89. The molecule has 0 aliphatic heterocycles. The third kappa shape index (κ3) is 2.83. The molecule has 5 nitrogen and oxygen atoms in total. The van der Waals surface area contributed by atoms with Crippen LogP contribution in [-0.2, 0) is 23.0 Å². The Morgan fingerprint density at radius 3 is 2.88 bits per heavy atom. The van der Waals surface area contributed by atoms with Gasteiger partial charge in [-0.1, -0.05) is 0 Å². The largest absolute Gasteiger partial charge is 0.465 e. The molecular weight excluding hydrogens is 206 g/mol. The fraction of sp³-hybridized carbons (Fsp3) is 0.545. The van der Waals surface area contributed by atoms with Gasteiger partial charge in [0.05, 0.1) is 18.4 Å². The van der Waals surface area contributed by atoms with Crippen molar-refractivity contribution in [3.05, 3.63) is 17.5 Å². The zero-order chi connectivity index (χ0) is 12.1. The molecule has 0 amide bonds. The van der Waals surface area contributed by atoms with E-state index in [9.17, 15) is 4.79 Å². The second-order valence-electron chi connectivity index (χ2n) is 3.54. The standard InChI is InChI=1S/C11H15N3O2/c1-4-16-11(15)9(7-12)6-10-5-8(2)13-14(10)3/h5,9H,4,6H2,1-3H3. The first kappa shape index (κ1) is 12.2. The number of aryl methyl sites for hydroxylation is 2. The number of ether oxygens (including phenoxy) is 1. The first-order chi connectivity index (χ1) is 7.58. The molecule has 16 heavy (non-hydrogen) atoms. The van der Waals surface area contributed by atoms with Crippen LogP contribution in [0.3, 0.4) is 0 Å². The van der Waals surface area contributed by atoms with E-state index in [1.165, 1.54) is 0 Å². The highest BCUT2D eigenvalue weighted by Crippen LogP contribution is 2.10. The van der Waals surface area contributed by atoms with E-state index >= 15 is 0 Å². The molecule has 0 fully saturated rings. The first-order valence-corrected chi connectivity index (χ1v) is 5.14. The van der Waals surface area contributed by atoms with Crippen LogP contribution in [-0.4, -0.2) is 22.4 Å².